The normalized spacial score (nSPS) is 23.1. The summed E-state index contributed by atoms with van der Waals surface area (Å²) in [7, 11) is 0. The van der Waals surface area contributed by atoms with Crippen LogP contribution in [-0.4, -0.2) is 49.3 Å². The second-order valence-electron chi connectivity index (χ2n) is 6.13. The van der Waals surface area contributed by atoms with Crippen molar-refractivity contribution in [1.29, 1.82) is 0 Å². The molecule has 122 valence electrons. The Balaban J connectivity index is 1.33. The summed E-state index contributed by atoms with van der Waals surface area (Å²) >= 11 is 1.73. The largest absolute Gasteiger partial charge is 0.376 e. The third kappa shape index (κ3) is 4.54. The van der Waals surface area contributed by atoms with Crippen LogP contribution in [0.2, 0.25) is 0 Å². The van der Waals surface area contributed by atoms with Crippen molar-refractivity contribution >= 4 is 17.2 Å². The summed E-state index contributed by atoms with van der Waals surface area (Å²) in [4.78, 5) is 15.5. The Kier molecular flexibility index (Phi) is 5.87. The van der Waals surface area contributed by atoms with E-state index in [0.29, 0.717) is 18.6 Å². The van der Waals surface area contributed by atoms with Gasteiger partial charge in [0.1, 0.15) is 0 Å². The van der Waals surface area contributed by atoms with E-state index in [1.54, 1.807) is 11.3 Å². The molecule has 1 aromatic rings. The molecule has 3 rings (SSSR count). The Morgan fingerprint density at radius 1 is 1.36 bits per heavy atom. The van der Waals surface area contributed by atoms with Gasteiger partial charge in [0, 0.05) is 31.0 Å². The van der Waals surface area contributed by atoms with Crippen LogP contribution in [0.1, 0.15) is 37.0 Å². The molecule has 3 heterocycles. The maximum Gasteiger partial charge on any atom is 0.222 e. The molecule has 0 aliphatic carbocycles. The summed E-state index contributed by atoms with van der Waals surface area (Å²) in [5, 5.41) is 2.07. The van der Waals surface area contributed by atoms with Crippen molar-refractivity contribution in [2.45, 2.75) is 50.7 Å². The number of ether oxygens (including phenoxy) is 2. The van der Waals surface area contributed by atoms with Gasteiger partial charge in [-0.15, -0.1) is 11.3 Å². The molecule has 22 heavy (non-hydrogen) atoms. The summed E-state index contributed by atoms with van der Waals surface area (Å²) in [6.45, 7) is 3.27. The molecule has 0 saturated carbocycles. The number of amides is 1. The van der Waals surface area contributed by atoms with Gasteiger partial charge in [0.25, 0.3) is 0 Å². The zero-order valence-electron chi connectivity index (χ0n) is 13.0. The summed E-state index contributed by atoms with van der Waals surface area (Å²) in [6, 6.07) is 4.14. The van der Waals surface area contributed by atoms with E-state index in [2.05, 4.69) is 11.4 Å². The fraction of sp³-hybridized carbons (Fsp3) is 0.706. The standard InChI is InChI=1S/C17H25NO3S/c19-17(6-5-16-4-2-12-22-16)18-9-7-14(8-10-18)21-13-15-3-1-11-20-15/h2,4,12,14-15H,1,3,5-11,13H2/t15-/m1/s1. The topological polar surface area (TPSA) is 38.8 Å². The molecular formula is C17H25NO3S. The maximum absolute atomic E-state index is 12.2. The maximum atomic E-state index is 12.2. The van der Waals surface area contributed by atoms with Gasteiger partial charge >= 0.3 is 0 Å². The minimum atomic E-state index is 0.283. The summed E-state index contributed by atoms with van der Waals surface area (Å²) in [5.41, 5.74) is 0. The molecule has 0 radical (unpaired) electrons. The number of hydrogen-bond donors (Lipinski definition) is 0. The van der Waals surface area contributed by atoms with Crippen LogP contribution in [0.5, 0.6) is 0 Å². The molecular weight excluding hydrogens is 298 g/mol. The molecule has 0 unspecified atom stereocenters. The lowest BCUT2D eigenvalue weighted by Gasteiger charge is -2.32. The molecule has 2 aliphatic heterocycles. The highest BCUT2D eigenvalue weighted by atomic mass is 32.1. The summed E-state index contributed by atoms with van der Waals surface area (Å²) in [6.07, 6.45) is 6.28. The second-order valence-corrected chi connectivity index (χ2v) is 7.16. The first kappa shape index (κ1) is 16.0. The molecule has 2 fully saturated rings. The molecule has 4 nitrogen and oxygen atoms in total. The Bertz CT molecular complexity index is 448. The van der Waals surface area contributed by atoms with Crippen molar-refractivity contribution in [2.24, 2.45) is 0 Å². The first-order valence-electron chi connectivity index (χ1n) is 8.34. The quantitative estimate of drug-likeness (QED) is 0.808. The third-order valence-corrected chi connectivity index (χ3v) is 5.44. The van der Waals surface area contributed by atoms with Crippen molar-refractivity contribution in [3.8, 4) is 0 Å². The van der Waals surface area contributed by atoms with Crippen LogP contribution in [0.3, 0.4) is 0 Å². The molecule has 1 amide bonds. The number of nitrogens with zero attached hydrogens (tertiary/aromatic N) is 1. The molecule has 1 atom stereocenters. The lowest BCUT2D eigenvalue weighted by molar-refractivity contribution is -0.134. The minimum Gasteiger partial charge on any atom is -0.376 e. The fourth-order valence-corrected chi connectivity index (χ4v) is 3.84. The van der Waals surface area contributed by atoms with Crippen molar-refractivity contribution in [3.05, 3.63) is 22.4 Å². The Morgan fingerprint density at radius 3 is 2.91 bits per heavy atom. The third-order valence-electron chi connectivity index (χ3n) is 4.50. The number of rotatable bonds is 6. The lowest BCUT2D eigenvalue weighted by Crippen LogP contribution is -2.41. The molecule has 0 N–H and O–H groups in total. The Morgan fingerprint density at radius 2 is 2.23 bits per heavy atom. The summed E-state index contributed by atoms with van der Waals surface area (Å²) < 4.78 is 11.5. The van der Waals surface area contributed by atoms with Crippen molar-refractivity contribution < 1.29 is 14.3 Å². The van der Waals surface area contributed by atoms with Crippen LogP contribution >= 0.6 is 11.3 Å². The zero-order valence-corrected chi connectivity index (χ0v) is 13.9. The fourth-order valence-electron chi connectivity index (χ4n) is 3.13. The van der Waals surface area contributed by atoms with Gasteiger partial charge in [-0.25, -0.2) is 0 Å². The van der Waals surface area contributed by atoms with Crippen LogP contribution < -0.4 is 0 Å². The SMILES string of the molecule is O=C(CCc1cccs1)N1CCC(OC[C@H]2CCCO2)CC1. The van der Waals surface area contributed by atoms with Gasteiger partial charge in [-0.1, -0.05) is 6.07 Å². The van der Waals surface area contributed by atoms with Gasteiger partial charge < -0.3 is 14.4 Å². The van der Waals surface area contributed by atoms with Crippen LogP contribution in [0.15, 0.2) is 17.5 Å². The Hall–Kier alpha value is -0.910. The summed E-state index contributed by atoms with van der Waals surface area (Å²) in [5.74, 6) is 0.283. The Labute approximate surface area is 136 Å². The minimum absolute atomic E-state index is 0.283. The number of piperidine rings is 1. The van der Waals surface area contributed by atoms with E-state index in [9.17, 15) is 4.79 Å². The van der Waals surface area contributed by atoms with E-state index in [4.69, 9.17) is 9.47 Å². The van der Waals surface area contributed by atoms with Crippen LogP contribution in [0, 0.1) is 0 Å². The average Bonchev–Trinajstić information content (AvgIpc) is 3.24. The number of likely N-dealkylation sites (tertiary alicyclic amines) is 1. The molecule has 1 aromatic heterocycles. The first-order chi connectivity index (χ1) is 10.8. The van der Waals surface area contributed by atoms with E-state index >= 15 is 0 Å². The number of aryl methyl sites for hydroxylation is 1. The van der Waals surface area contributed by atoms with Gasteiger partial charge in [0.2, 0.25) is 5.91 Å². The van der Waals surface area contributed by atoms with E-state index in [0.717, 1.165) is 58.4 Å². The average molecular weight is 323 g/mol. The lowest BCUT2D eigenvalue weighted by atomic mass is 10.1. The van der Waals surface area contributed by atoms with Crippen LogP contribution in [0.25, 0.3) is 0 Å². The van der Waals surface area contributed by atoms with E-state index in [-0.39, 0.29) is 5.91 Å². The van der Waals surface area contributed by atoms with Gasteiger partial charge in [-0.05, 0) is 43.6 Å². The number of carbonyl (C=O) groups is 1. The second kappa shape index (κ2) is 8.09. The molecule has 2 aliphatic rings. The zero-order chi connectivity index (χ0) is 15.2. The molecule has 0 aromatic carbocycles. The first-order valence-corrected chi connectivity index (χ1v) is 9.22. The van der Waals surface area contributed by atoms with E-state index in [1.807, 2.05) is 11.0 Å². The van der Waals surface area contributed by atoms with Gasteiger partial charge in [-0.2, -0.15) is 0 Å². The van der Waals surface area contributed by atoms with E-state index in [1.165, 1.54) is 4.88 Å². The highest BCUT2D eigenvalue weighted by molar-refractivity contribution is 7.09. The van der Waals surface area contributed by atoms with Crippen LogP contribution in [0.4, 0.5) is 0 Å². The van der Waals surface area contributed by atoms with E-state index < -0.39 is 0 Å². The molecule has 0 bridgehead atoms. The van der Waals surface area contributed by atoms with Gasteiger partial charge in [0.05, 0.1) is 18.8 Å². The van der Waals surface area contributed by atoms with Crippen molar-refractivity contribution in [2.75, 3.05) is 26.3 Å². The monoisotopic (exact) mass is 323 g/mol. The van der Waals surface area contributed by atoms with Crippen LogP contribution in [-0.2, 0) is 20.7 Å². The van der Waals surface area contributed by atoms with Crippen molar-refractivity contribution in [3.63, 3.8) is 0 Å². The number of hydrogen-bond acceptors (Lipinski definition) is 4. The van der Waals surface area contributed by atoms with Crippen molar-refractivity contribution in [1.82, 2.24) is 4.90 Å². The highest BCUT2D eigenvalue weighted by Gasteiger charge is 2.24. The van der Waals surface area contributed by atoms with Gasteiger partial charge in [-0.3, -0.25) is 4.79 Å². The predicted octanol–water partition coefficient (Wildman–Crippen LogP) is 2.87. The smallest absolute Gasteiger partial charge is 0.222 e. The number of thiophene rings is 1. The highest BCUT2D eigenvalue weighted by Crippen LogP contribution is 2.19. The molecule has 5 heteroatoms. The van der Waals surface area contributed by atoms with Gasteiger partial charge in [0.15, 0.2) is 0 Å². The predicted molar refractivity (Wildman–Crippen MR) is 87.2 cm³/mol. The number of carbonyl (C=O) groups excluding carboxylic acids is 1. The molecule has 2 saturated heterocycles. The molecule has 0 spiro atoms.